The van der Waals surface area contributed by atoms with Crippen LogP contribution >= 0.6 is 7.26 Å². The number of hydrogen-bond acceptors (Lipinski definition) is 1. The molecule has 0 aliphatic carbocycles. The molecular weight excluding hydrogens is 483 g/mol. The van der Waals surface area contributed by atoms with Crippen LogP contribution in [-0.4, -0.2) is 20.6 Å². The standard InChI is InChI=1S/C34H48OPSi/c1-27(2)25-28(3)33(35-37(8,9)34(5,6)7)29(4)26-36(30-19-13-10-14-20-30,31-21-15-11-16-22-31)32-23-17-12-18-24-32/h10-25,28-29,33H,26H2,1-9H3/q+1/t28-,29-,33+/m0/s1. The normalized spacial score (nSPS) is 15.1. The van der Waals surface area contributed by atoms with Crippen molar-refractivity contribution in [3.63, 3.8) is 0 Å². The van der Waals surface area contributed by atoms with Gasteiger partial charge < -0.3 is 4.43 Å². The Balaban J connectivity index is 2.20. The van der Waals surface area contributed by atoms with Crippen LogP contribution in [0.3, 0.4) is 0 Å². The lowest BCUT2D eigenvalue weighted by atomic mass is 9.93. The lowest BCUT2D eigenvalue weighted by Crippen LogP contribution is -2.48. The highest BCUT2D eigenvalue weighted by Gasteiger charge is 2.49. The summed E-state index contributed by atoms with van der Waals surface area (Å²) >= 11 is 0. The zero-order valence-electron chi connectivity index (χ0n) is 24.5. The number of allylic oxidation sites excluding steroid dienone is 1. The van der Waals surface area contributed by atoms with Crippen LogP contribution in [0.15, 0.2) is 103 Å². The molecule has 1 nitrogen and oxygen atoms in total. The number of hydrogen-bond donors (Lipinski definition) is 0. The van der Waals surface area contributed by atoms with E-state index in [1.54, 1.807) is 0 Å². The third-order valence-corrected chi connectivity index (χ3v) is 17.2. The fourth-order valence-electron chi connectivity index (χ4n) is 5.23. The molecule has 0 saturated heterocycles. The first-order valence-electron chi connectivity index (χ1n) is 13.8. The predicted octanol–water partition coefficient (Wildman–Crippen LogP) is 8.61. The molecule has 198 valence electrons. The van der Waals surface area contributed by atoms with E-state index < -0.39 is 15.6 Å². The smallest absolute Gasteiger partial charge is 0.192 e. The molecule has 0 radical (unpaired) electrons. The van der Waals surface area contributed by atoms with Gasteiger partial charge in [-0.25, -0.2) is 0 Å². The first kappa shape index (κ1) is 29.6. The zero-order valence-corrected chi connectivity index (χ0v) is 26.4. The molecule has 0 N–H and O–H groups in total. The maximum Gasteiger partial charge on any atom is 0.192 e. The first-order chi connectivity index (χ1) is 17.4. The van der Waals surface area contributed by atoms with Crippen molar-refractivity contribution < 1.29 is 4.43 Å². The second kappa shape index (κ2) is 12.2. The lowest BCUT2D eigenvalue weighted by Gasteiger charge is -2.43. The maximum atomic E-state index is 7.29. The summed E-state index contributed by atoms with van der Waals surface area (Å²) in [4.78, 5) is 0. The third kappa shape index (κ3) is 6.91. The molecule has 3 heteroatoms. The quantitative estimate of drug-likeness (QED) is 0.145. The van der Waals surface area contributed by atoms with Crippen LogP contribution in [-0.2, 0) is 4.43 Å². The summed E-state index contributed by atoms with van der Waals surface area (Å²) in [5.41, 5.74) is 1.36. The fraction of sp³-hybridized carbons (Fsp3) is 0.412. The van der Waals surface area contributed by atoms with Gasteiger partial charge in [0.15, 0.2) is 8.32 Å². The first-order valence-corrected chi connectivity index (χ1v) is 18.6. The lowest BCUT2D eigenvalue weighted by molar-refractivity contribution is 0.102. The second-order valence-corrected chi connectivity index (χ2v) is 20.7. The van der Waals surface area contributed by atoms with Crippen molar-refractivity contribution in [2.75, 3.05) is 6.16 Å². The van der Waals surface area contributed by atoms with E-state index in [9.17, 15) is 0 Å². The molecule has 0 bridgehead atoms. The van der Waals surface area contributed by atoms with E-state index in [1.807, 2.05) is 0 Å². The van der Waals surface area contributed by atoms with Crippen LogP contribution in [0, 0.1) is 11.8 Å². The topological polar surface area (TPSA) is 9.23 Å². The molecule has 3 rings (SSSR count). The van der Waals surface area contributed by atoms with Gasteiger partial charge in [0, 0.05) is 5.92 Å². The average Bonchev–Trinajstić information content (AvgIpc) is 2.86. The number of benzene rings is 3. The molecule has 3 atom stereocenters. The summed E-state index contributed by atoms with van der Waals surface area (Å²) in [6, 6.07) is 33.7. The average molecular weight is 532 g/mol. The van der Waals surface area contributed by atoms with E-state index in [0.29, 0.717) is 11.8 Å². The van der Waals surface area contributed by atoms with Gasteiger partial charge in [0.2, 0.25) is 0 Å². The molecule has 0 aliphatic rings. The minimum Gasteiger partial charge on any atom is -0.413 e. The van der Waals surface area contributed by atoms with Crippen molar-refractivity contribution >= 4 is 31.5 Å². The van der Waals surface area contributed by atoms with Gasteiger partial charge in [0.1, 0.15) is 23.2 Å². The molecule has 37 heavy (non-hydrogen) atoms. The van der Waals surface area contributed by atoms with Gasteiger partial charge in [-0.1, -0.05) is 101 Å². The van der Waals surface area contributed by atoms with E-state index >= 15 is 0 Å². The molecule has 3 aromatic carbocycles. The van der Waals surface area contributed by atoms with Gasteiger partial charge in [-0.05, 0) is 74.3 Å². The molecule has 0 aromatic heterocycles. The SMILES string of the molecule is CC(C)=C[C@H](C)[C@@H](O[Si](C)(C)C(C)(C)C)[C@@H](C)C[P+](c1ccccc1)(c1ccccc1)c1ccccc1. The largest absolute Gasteiger partial charge is 0.413 e. The van der Waals surface area contributed by atoms with Gasteiger partial charge in [-0.3, -0.25) is 0 Å². The molecular formula is C34H48OPSi+. The van der Waals surface area contributed by atoms with E-state index in [1.165, 1.54) is 21.5 Å². The Morgan fingerprint density at radius 1 is 0.757 bits per heavy atom. The summed E-state index contributed by atoms with van der Waals surface area (Å²) in [6.07, 6.45) is 3.65. The highest BCUT2D eigenvalue weighted by molar-refractivity contribution is 7.95. The van der Waals surface area contributed by atoms with Crippen LogP contribution in [0.1, 0.15) is 48.5 Å². The fourth-order valence-corrected chi connectivity index (χ4v) is 11.3. The van der Waals surface area contributed by atoms with Crippen molar-refractivity contribution in [2.24, 2.45) is 11.8 Å². The van der Waals surface area contributed by atoms with Crippen molar-refractivity contribution in [1.82, 2.24) is 0 Å². The van der Waals surface area contributed by atoms with E-state index in [2.05, 4.69) is 159 Å². The summed E-state index contributed by atoms with van der Waals surface area (Å²) in [5, 5.41) is 4.50. The van der Waals surface area contributed by atoms with Crippen molar-refractivity contribution in [1.29, 1.82) is 0 Å². The molecule has 0 heterocycles. The molecule has 0 amide bonds. The second-order valence-electron chi connectivity index (χ2n) is 12.4. The Bertz CT molecular complexity index is 1030. The summed E-state index contributed by atoms with van der Waals surface area (Å²) < 4.78 is 7.29. The minimum absolute atomic E-state index is 0.159. The molecule has 0 unspecified atom stereocenters. The van der Waals surface area contributed by atoms with Crippen LogP contribution < -0.4 is 15.9 Å². The number of rotatable bonds is 10. The Hall–Kier alpha value is -1.99. The highest BCUT2D eigenvalue weighted by atomic mass is 31.2. The van der Waals surface area contributed by atoms with E-state index in [0.717, 1.165) is 6.16 Å². The van der Waals surface area contributed by atoms with Gasteiger partial charge in [0.25, 0.3) is 0 Å². The van der Waals surface area contributed by atoms with E-state index in [4.69, 9.17) is 4.43 Å². The third-order valence-electron chi connectivity index (χ3n) is 8.06. The Labute approximate surface area is 228 Å². The van der Waals surface area contributed by atoms with Gasteiger partial charge in [0.05, 0.1) is 12.3 Å². The predicted molar refractivity (Wildman–Crippen MR) is 170 cm³/mol. The van der Waals surface area contributed by atoms with E-state index in [-0.39, 0.29) is 11.1 Å². The molecule has 0 aliphatic heterocycles. The highest BCUT2D eigenvalue weighted by Crippen LogP contribution is 2.57. The maximum absolute atomic E-state index is 7.29. The zero-order chi connectivity index (χ0) is 27.3. The van der Waals surface area contributed by atoms with Crippen LogP contribution in [0.4, 0.5) is 0 Å². The molecule has 0 spiro atoms. The van der Waals surface area contributed by atoms with Crippen molar-refractivity contribution in [3.05, 3.63) is 103 Å². The summed E-state index contributed by atoms with van der Waals surface area (Å²) in [5.74, 6) is 0.715. The molecule has 0 fully saturated rings. The minimum atomic E-state index is -1.97. The van der Waals surface area contributed by atoms with Crippen LogP contribution in [0.25, 0.3) is 0 Å². The van der Waals surface area contributed by atoms with Crippen molar-refractivity contribution in [3.8, 4) is 0 Å². The Morgan fingerprint density at radius 2 is 1.14 bits per heavy atom. The van der Waals surface area contributed by atoms with Gasteiger partial charge in [-0.2, -0.15) is 0 Å². The summed E-state index contributed by atoms with van der Waals surface area (Å²) in [6.45, 7) is 21.1. The van der Waals surface area contributed by atoms with Crippen molar-refractivity contribution in [2.45, 2.75) is 72.7 Å². The molecule has 3 aromatic rings. The van der Waals surface area contributed by atoms with Gasteiger partial charge >= 0.3 is 0 Å². The summed E-state index contributed by atoms with van der Waals surface area (Å²) in [7, 11) is -3.90. The van der Waals surface area contributed by atoms with Gasteiger partial charge in [-0.15, -0.1) is 0 Å². The van der Waals surface area contributed by atoms with Crippen LogP contribution in [0.5, 0.6) is 0 Å². The Morgan fingerprint density at radius 3 is 1.46 bits per heavy atom. The molecule has 0 saturated carbocycles. The van der Waals surface area contributed by atoms with Crippen LogP contribution in [0.2, 0.25) is 18.1 Å². The Kier molecular flexibility index (Phi) is 9.78. The monoisotopic (exact) mass is 531 g/mol.